The molecule has 31 heavy (non-hydrogen) atoms. The Bertz CT molecular complexity index is 1040. The lowest BCUT2D eigenvalue weighted by atomic mass is 9.83. The summed E-state index contributed by atoms with van der Waals surface area (Å²) in [6.07, 6.45) is 9.41. The molecule has 2 bridgehead atoms. The minimum absolute atomic E-state index is 0.00466. The van der Waals surface area contributed by atoms with E-state index in [1.807, 2.05) is 15.5 Å². The van der Waals surface area contributed by atoms with Gasteiger partial charge in [0.15, 0.2) is 0 Å². The number of aromatic nitrogens is 2. The minimum atomic E-state index is -0.122. The summed E-state index contributed by atoms with van der Waals surface area (Å²) in [6.45, 7) is 1.81. The third-order valence-corrected chi connectivity index (χ3v) is 7.03. The average molecular weight is 421 g/mol. The Kier molecular flexibility index (Phi) is 5.34. The van der Waals surface area contributed by atoms with Crippen LogP contribution in [0.2, 0.25) is 0 Å². The van der Waals surface area contributed by atoms with Crippen molar-refractivity contribution in [3.63, 3.8) is 0 Å². The molecule has 2 fully saturated rings. The summed E-state index contributed by atoms with van der Waals surface area (Å²) < 4.78 is 1.82. The number of rotatable bonds is 3. The van der Waals surface area contributed by atoms with Gasteiger partial charge in [0, 0.05) is 49.6 Å². The van der Waals surface area contributed by atoms with Crippen molar-refractivity contribution in [2.45, 2.75) is 51.0 Å². The number of amides is 2. The predicted octanol–water partition coefficient (Wildman–Crippen LogP) is 3.02. The first-order valence-corrected chi connectivity index (χ1v) is 11.3. The second-order valence-corrected chi connectivity index (χ2v) is 9.16. The summed E-state index contributed by atoms with van der Waals surface area (Å²) in [5, 5.41) is 2.90. The number of nitrogens with zero attached hydrogens (tertiary/aromatic N) is 3. The van der Waals surface area contributed by atoms with Crippen molar-refractivity contribution in [2.24, 2.45) is 11.8 Å². The Morgan fingerprint density at radius 1 is 1.03 bits per heavy atom. The number of fused-ring (bicyclic) bond motifs is 4. The van der Waals surface area contributed by atoms with Crippen LogP contribution in [0.15, 0.2) is 41.5 Å². The molecule has 2 aromatic heterocycles. The second-order valence-electron chi connectivity index (χ2n) is 9.16. The van der Waals surface area contributed by atoms with E-state index in [1.54, 1.807) is 30.6 Å². The molecule has 2 atom stereocenters. The van der Waals surface area contributed by atoms with Crippen molar-refractivity contribution in [2.75, 3.05) is 18.4 Å². The predicted molar refractivity (Wildman–Crippen MR) is 117 cm³/mol. The van der Waals surface area contributed by atoms with E-state index in [2.05, 4.69) is 10.3 Å². The number of carbonyl (C=O) groups excluding carboxylic acids is 2. The molecule has 2 aromatic rings. The molecule has 0 radical (unpaired) electrons. The zero-order valence-electron chi connectivity index (χ0n) is 17.6. The van der Waals surface area contributed by atoms with Crippen molar-refractivity contribution < 1.29 is 9.59 Å². The average Bonchev–Trinajstić information content (AvgIpc) is 2.81. The molecule has 7 nitrogen and oxygen atoms in total. The van der Waals surface area contributed by atoms with Gasteiger partial charge in [-0.15, -0.1) is 0 Å². The normalized spacial score (nSPS) is 23.2. The Hall–Kier alpha value is -2.96. The number of nitrogens with one attached hydrogen (secondary N) is 1. The summed E-state index contributed by atoms with van der Waals surface area (Å²) in [5.74, 6) is 0.343. The van der Waals surface area contributed by atoms with Crippen LogP contribution in [0.25, 0.3) is 0 Å². The maximum absolute atomic E-state index is 13.2. The summed E-state index contributed by atoms with van der Waals surface area (Å²) in [6, 6.07) is 7.27. The van der Waals surface area contributed by atoms with Crippen molar-refractivity contribution in [1.82, 2.24) is 14.5 Å². The van der Waals surface area contributed by atoms with Gasteiger partial charge in [0.1, 0.15) is 5.69 Å². The third kappa shape index (κ3) is 3.89. The first kappa shape index (κ1) is 20.0. The van der Waals surface area contributed by atoms with Gasteiger partial charge in [0.25, 0.3) is 11.5 Å². The molecular weight excluding hydrogens is 392 g/mol. The van der Waals surface area contributed by atoms with Crippen LogP contribution in [0.4, 0.5) is 5.69 Å². The maximum Gasteiger partial charge on any atom is 0.274 e. The smallest absolute Gasteiger partial charge is 0.274 e. The molecule has 5 rings (SSSR count). The van der Waals surface area contributed by atoms with Crippen LogP contribution in [0.3, 0.4) is 0 Å². The zero-order chi connectivity index (χ0) is 21.4. The van der Waals surface area contributed by atoms with Crippen molar-refractivity contribution in [3.05, 3.63) is 58.3 Å². The largest absolute Gasteiger partial charge is 0.338 e. The fraction of sp³-hybridized carbons (Fsp3) is 0.500. The van der Waals surface area contributed by atoms with Gasteiger partial charge < -0.3 is 14.8 Å². The molecule has 1 saturated carbocycles. The maximum atomic E-state index is 13.2. The molecule has 0 unspecified atom stereocenters. The molecule has 3 aliphatic rings. The monoisotopic (exact) mass is 420 g/mol. The number of pyridine rings is 2. The number of likely N-dealkylation sites (tertiary alicyclic amines) is 1. The Labute approximate surface area is 181 Å². The van der Waals surface area contributed by atoms with E-state index in [1.165, 1.54) is 6.42 Å². The van der Waals surface area contributed by atoms with Gasteiger partial charge in [0.2, 0.25) is 5.91 Å². The van der Waals surface area contributed by atoms with Gasteiger partial charge in [-0.05, 0) is 49.4 Å². The van der Waals surface area contributed by atoms with Crippen LogP contribution in [0.1, 0.15) is 60.5 Å². The van der Waals surface area contributed by atoms with Crippen molar-refractivity contribution >= 4 is 17.5 Å². The lowest BCUT2D eigenvalue weighted by Crippen LogP contribution is -2.49. The molecule has 1 N–H and O–H groups in total. The molecule has 2 amide bonds. The van der Waals surface area contributed by atoms with Crippen LogP contribution in [0, 0.1) is 11.8 Å². The first-order chi connectivity index (χ1) is 15.1. The molecule has 0 spiro atoms. The van der Waals surface area contributed by atoms with E-state index in [4.69, 9.17) is 0 Å². The van der Waals surface area contributed by atoms with Crippen LogP contribution in [-0.2, 0) is 11.3 Å². The van der Waals surface area contributed by atoms with Gasteiger partial charge in [-0.2, -0.15) is 0 Å². The summed E-state index contributed by atoms with van der Waals surface area (Å²) >= 11 is 0. The number of hydrogen-bond acceptors (Lipinski definition) is 4. The summed E-state index contributed by atoms with van der Waals surface area (Å²) in [4.78, 5) is 44.6. The molecule has 1 saturated heterocycles. The highest BCUT2D eigenvalue weighted by atomic mass is 16.2. The molecule has 162 valence electrons. The van der Waals surface area contributed by atoms with E-state index in [0.717, 1.165) is 37.8 Å². The Morgan fingerprint density at radius 3 is 2.65 bits per heavy atom. The number of piperidine rings is 1. The number of hydrogen-bond donors (Lipinski definition) is 1. The van der Waals surface area contributed by atoms with E-state index >= 15 is 0 Å². The standard InChI is InChI=1S/C24H28N4O3/c29-22(17-5-2-1-3-6-17)26-20-8-9-21-19-11-16(14-28(21)24(20)31)13-27(15-19)23(30)18-7-4-10-25-12-18/h4,7-10,12,16-17,19H,1-3,5-6,11,13-15H2,(H,26,29)/t16-,19-/m1/s1. The molecular formula is C24H28N4O3. The van der Waals surface area contributed by atoms with Gasteiger partial charge in [-0.25, -0.2) is 0 Å². The van der Waals surface area contributed by atoms with Crippen LogP contribution in [0.5, 0.6) is 0 Å². The van der Waals surface area contributed by atoms with Gasteiger partial charge >= 0.3 is 0 Å². The highest BCUT2D eigenvalue weighted by molar-refractivity contribution is 5.94. The van der Waals surface area contributed by atoms with Crippen LogP contribution in [-0.4, -0.2) is 39.4 Å². The van der Waals surface area contributed by atoms with Crippen molar-refractivity contribution in [3.8, 4) is 0 Å². The SMILES string of the molecule is O=C(Nc1ccc2n(c1=O)C[C@@H]1C[C@@H]2CN(C(=O)c2cccnc2)C1)C1CCCCC1. The first-order valence-electron chi connectivity index (χ1n) is 11.3. The lowest BCUT2D eigenvalue weighted by Gasteiger charge is -2.42. The van der Waals surface area contributed by atoms with E-state index in [9.17, 15) is 14.4 Å². The summed E-state index contributed by atoms with van der Waals surface area (Å²) in [7, 11) is 0. The van der Waals surface area contributed by atoms with Gasteiger partial charge in [-0.3, -0.25) is 19.4 Å². The highest BCUT2D eigenvalue weighted by Crippen LogP contribution is 2.36. The minimum Gasteiger partial charge on any atom is -0.338 e. The Balaban J connectivity index is 1.35. The zero-order valence-corrected chi connectivity index (χ0v) is 17.6. The third-order valence-electron chi connectivity index (χ3n) is 7.03. The molecule has 1 aliphatic carbocycles. The van der Waals surface area contributed by atoms with Gasteiger partial charge in [-0.1, -0.05) is 19.3 Å². The Morgan fingerprint density at radius 2 is 1.87 bits per heavy atom. The van der Waals surface area contributed by atoms with E-state index in [-0.39, 0.29) is 35.1 Å². The van der Waals surface area contributed by atoms with Crippen LogP contribution >= 0.6 is 0 Å². The van der Waals surface area contributed by atoms with E-state index < -0.39 is 0 Å². The number of anilines is 1. The fourth-order valence-corrected chi connectivity index (χ4v) is 5.48. The van der Waals surface area contributed by atoms with Crippen LogP contribution < -0.4 is 10.9 Å². The molecule has 7 heteroatoms. The molecule has 0 aromatic carbocycles. The second kappa shape index (κ2) is 8.29. The topological polar surface area (TPSA) is 84.3 Å². The molecule has 2 aliphatic heterocycles. The van der Waals surface area contributed by atoms with Crippen molar-refractivity contribution in [1.29, 1.82) is 0 Å². The fourth-order valence-electron chi connectivity index (χ4n) is 5.48. The van der Waals surface area contributed by atoms with E-state index in [0.29, 0.717) is 30.9 Å². The number of carbonyl (C=O) groups is 2. The highest BCUT2D eigenvalue weighted by Gasteiger charge is 2.37. The van der Waals surface area contributed by atoms with Gasteiger partial charge in [0.05, 0.1) is 5.56 Å². The lowest BCUT2D eigenvalue weighted by molar-refractivity contribution is -0.120. The molecule has 4 heterocycles. The quantitative estimate of drug-likeness (QED) is 0.827. The summed E-state index contributed by atoms with van der Waals surface area (Å²) in [5.41, 5.74) is 1.81.